The molecule has 0 saturated heterocycles. The SMILES string of the molecule is CCCCCCCCCCCCCCCCCC(=O)OC(CCCC)C(=O)O. The van der Waals surface area contributed by atoms with E-state index in [2.05, 4.69) is 6.92 Å². The van der Waals surface area contributed by atoms with E-state index in [0.29, 0.717) is 12.8 Å². The number of hydrogen-bond acceptors (Lipinski definition) is 3. The molecule has 0 saturated carbocycles. The van der Waals surface area contributed by atoms with Gasteiger partial charge in [0.15, 0.2) is 6.10 Å². The summed E-state index contributed by atoms with van der Waals surface area (Å²) in [5.74, 6) is -1.39. The first-order chi connectivity index (χ1) is 13.6. The third-order valence-electron chi connectivity index (χ3n) is 5.35. The monoisotopic (exact) mass is 398 g/mol. The number of carboxylic acids is 1. The lowest BCUT2D eigenvalue weighted by atomic mass is 10.0. The van der Waals surface area contributed by atoms with Crippen LogP contribution in [0.2, 0.25) is 0 Å². The van der Waals surface area contributed by atoms with E-state index in [0.717, 1.165) is 32.1 Å². The average Bonchev–Trinajstić information content (AvgIpc) is 2.67. The lowest BCUT2D eigenvalue weighted by molar-refractivity contribution is -0.164. The molecule has 0 aromatic carbocycles. The highest BCUT2D eigenvalue weighted by Crippen LogP contribution is 2.14. The van der Waals surface area contributed by atoms with Gasteiger partial charge in [0.25, 0.3) is 0 Å². The van der Waals surface area contributed by atoms with Gasteiger partial charge in [0.1, 0.15) is 0 Å². The quantitative estimate of drug-likeness (QED) is 0.161. The van der Waals surface area contributed by atoms with Crippen molar-refractivity contribution < 1.29 is 19.4 Å². The van der Waals surface area contributed by atoms with Crippen LogP contribution in [0.4, 0.5) is 0 Å². The van der Waals surface area contributed by atoms with E-state index in [1.165, 1.54) is 77.0 Å². The van der Waals surface area contributed by atoms with Crippen molar-refractivity contribution in [2.45, 2.75) is 142 Å². The maximum atomic E-state index is 11.8. The Bertz CT molecular complexity index is 368. The largest absolute Gasteiger partial charge is 0.479 e. The molecule has 0 radical (unpaired) electrons. The van der Waals surface area contributed by atoms with Gasteiger partial charge in [0, 0.05) is 6.42 Å². The highest BCUT2D eigenvalue weighted by molar-refractivity contribution is 5.77. The Hall–Kier alpha value is -1.06. The Labute approximate surface area is 173 Å². The first-order valence-electron chi connectivity index (χ1n) is 12.0. The molecule has 0 amide bonds. The minimum absolute atomic E-state index is 0.341. The Balaban J connectivity index is 3.38. The summed E-state index contributed by atoms with van der Waals surface area (Å²) in [5, 5.41) is 9.08. The van der Waals surface area contributed by atoms with Gasteiger partial charge in [-0.25, -0.2) is 4.79 Å². The summed E-state index contributed by atoms with van der Waals surface area (Å²) < 4.78 is 5.09. The molecule has 1 atom stereocenters. The third-order valence-corrected chi connectivity index (χ3v) is 5.35. The molecule has 0 aliphatic carbocycles. The molecule has 1 N–H and O–H groups in total. The van der Waals surface area contributed by atoms with Gasteiger partial charge in [-0.15, -0.1) is 0 Å². The van der Waals surface area contributed by atoms with E-state index < -0.39 is 12.1 Å². The average molecular weight is 399 g/mol. The van der Waals surface area contributed by atoms with Gasteiger partial charge in [-0.2, -0.15) is 0 Å². The van der Waals surface area contributed by atoms with E-state index in [1.807, 2.05) is 6.92 Å². The summed E-state index contributed by atoms with van der Waals surface area (Å²) in [5.41, 5.74) is 0. The summed E-state index contributed by atoms with van der Waals surface area (Å²) in [6.07, 6.45) is 20.8. The zero-order valence-electron chi connectivity index (χ0n) is 18.7. The van der Waals surface area contributed by atoms with Crippen LogP contribution in [-0.2, 0) is 14.3 Å². The molecule has 0 rings (SSSR count). The van der Waals surface area contributed by atoms with E-state index in [9.17, 15) is 9.59 Å². The van der Waals surface area contributed by atoms with E-state index in [1.54, 1.807) is 0 Å². The van der Waals surface area contributed by atoms with Crippen molar-refractivity contribution >= 4 is 11.9 Å². The molecule has 0 bridgehead atoms. The fourth-order valence-corrected chi connectivity index (χ4v) is 3.48. The second kappa shape index (κ2) is 20.7. The number of esters is 1. The molecule has 0 spiro atoms. The third kappa shape index (κ3) is 18.3. The summed E-state index contributed by atoms with van der Waals surface area (Å²) >= 11 is 0. The smallest absolute Gasteiger partial charge is 0.345 e. The molecule has 0 aliphatic rings. The predicted molar refractivity (Wildman–Crippen MR) is 117 cm³/mol. The van der Waals surface area contributed by atoms with Crippen molar-refractivity contribution in [1.29, 1.82) is 0 Å². The molecule has 0 aromatic heterocycles. The van der Waals surface area contributed by atoms with Gasteiger partial charge in [0.05, 0.1) is 0 Å². The van der Waals surface area contributed by atoms with Crippen LogP contribution in [0.5, 0.6) is 0 Å². The molecule has 1 unspecified atom stereocenters. The van der Waals surface area contributed by atoms with Crippen LogP contribution in [0, 0.1) is 0 Å². The molecule has 0 heterocycles. The van der Waals surface area contributed by atoms with Crippen LogP contribution in [0.3, 0.4) is 0 Å². The maximum Gasteiger partial charge on any atom is 0.345 e. The molecule has 0 fully saturated rings. The predicted octanol–water partition coefficient (Wildman–Crippen LogP) is 7.43. The van der Waals surface area contributed by atoms with Gasteiger partial charge in [-0.3, -0.25) is 4.79 Å². The van der Waals surface area contributed by atoms with Gasteiger partial charge < -0.3 is 9.84 Å². The van der Waals surface area contributed by atoms with Crippen LogP contribution in [-0.4, -0.2) is 23.1 Å². The van der Waals surface area contributed by atoms with E-state index >= 15 is 0 Å². The highest BCUT2D eigenvalue weighted by Gasteiger charge is 2.21. The molecule has 0 aromatic rings. The van der Waals surface area contributed by atoms with Crippen molar-refractivity contribution in [3.63, 3.8) is 0 Å². The molecule has 28 heavy (non-hydrogen) atoms. The Kier molecular flexibility index (Phi) is 19.9. The molecule has 4 heteroatoms. The van der Waals surface area contributed by atoms with Crippen LogP contribution in [0.1, 0.15) is 136 Å². The van der Waals surface area contributed by atoms with Gasteiger partial charge in [-0.05, 0) is 19.3 Å². The zero-order chi connectivity index (χ0) is 20.9. The summed E-state index contributed by atoms with van der Waals surface area (Å²) in [7, 11) is 0. The zero-order valence-corrected chi connectivity index (χ0v) is 18.7. The number of ether oxygens (including phenoxy) is 1. The van der Waals surface area contributed by atoms with Gasteiger partial charge in [0.2, 0.25) is 0 Å². The van der Waals surface area contributed by atoms with Crippen molar-refractivity contribution in [2.24, 2.45) is 0 Å². The van der Waals surface area contributed by atoms with Crippen molar-refractivity contribution in [2.75, 3.05) is 0 Å². The van der Waals surface area contributed by atoms with E-state index in [4.69, 9.17) is 9.84 Å². The van der Waals surface area contributed by atoms with Crippen LogP contribution in [0.25, 0.3) is 0 Å². The number of rotatable bonds is 21. The number of carbonyl (C=O) groups excluding carboxylic acids is 1. The second-order valence-corrected chi connectivity index (χ2v) is 8.16. The lowest BCUT2D eigenvalue weighted by Gasteiger charge is -2.13. The lowest BCUT2D eigenvalue weighted by Crippen LogP contribution is -2.26. The summed E-state index contributed by atoms with van der Waals surface area (Å²) in [6.45, 7) is 4.26. The van der Waals surface area contributed by atoms with Gasteiger partial charge >= 0.3 is 11.9 Å². The Morgan fingerprint density at radius 2 is 1.04 bits per heavy atom. The number of carbonyl (C=O) groups is 2. The first kappa shape index (κ1) is 26.9. The number of unbranched alkanes of at least 4 members (excludes halogenated alkanes) is 15. The second-order valence-electron chi connectivity index (χ2n) is 8.16. The van der Waals surface area contributed by atoms with Crippen LogP contribution in [0.15, 0.2) is 0 Å². The molecule has 4 nitrogen and oxygen atoms in total. The summed E-state index contributed by atoms with van der Waals surface area (Å²) in [4.78, 5) is 22.8. The normalized spacial score (nSPS) is 12.1. The number of hydrogen-bond donors (Lipinski definition) is 1. The van der Waals surface area contributed by atoms with E-state index in [-0.39, 0.29) is 5.97 Å². The minimum Gasteiger partial charge on any atom is -0.479 e. The van der Waals surface area contributed by atoms with Gasteiger partial charge in [-0.1, -0.05) is 110 Å². The maximum absolute atomic E-state index is 11.8. The fourth-order valence-electron chi connectivity index (χ4n) is 3.48. The van der Waals surface area contributed by atoms with Crippen molar-refractivity contribution in [3.05, 3.63) is 0 Å². The van der Waals surface area contributed by atoms with Crippen LogP contribution >= 0.6 is 0 Å². The molecular weight excluding hydrogens is 352 g/mol. The number of carboxylic acid groups (broad SMARTS) is 1. The topological polar surface area (TPSA) is 63.6 Å². The molecule has 166 valence electrons. The van der Waals surface area contributed by atoms with Crippen molar-refractivity contribution in [1.82, 2.24) is 0 Å². The summed E-state index contributed by atoms with van der Waals surface area (Å²) in [6, 6.07) is 0. The highest BCUT2D eigenvalue weighted by atomic mass is 16.6. The fraction of sp³-hybridized carbons (Fsp3) is 0.917. The standard InChI is InChI=1S/C24H46O4/c1-3-5-7-8-9-10-11-12-13-14-15-16-17-18-19-21-23(25)28-22(24(26)27)20-6-4-2/h22H,3-21H2,1-2H3,(H,26,27). The van der Waals surface area contributed by atoms with Crippen LogP contribution < -0.4 is 0 Å². The Morgan fingerprint density at radius 1 is 0.643 bits per heavy atom. The molecule has 0 aliphatic heterocycles. The van der Waals surface area contributed by atoms with Crippen molar-refractivity contribution in [3.8, 4) is 0 Å². The first-order valence-corrected chi connectivity index (χ1v) is 12.0. The minimum atomic E-state index is -1.03. The molecular formula is C24H46O4. The Morgan fingerprint density at radius 3 is 1.43 bits per heavy atom. The number of aliphatic carboxylic acids is 1.